The minimum absolute atomic E-state index is 0.00348. The molecule has 2 aromatic rings. The Kier molecular flexibility index (Phi) is 4.68. The topological polar surface area (TPSA) is 58.1 Å². The number of carbonyl (C=O) groups is 1. The number of hydrogen-bond acceptors (Lipinski definition) is 4. The molecule has 5 nitrogen and oxygen atoms in total. The van der Waals surface area contributed by atoms with E-state index in [-0.39, 0.29) is 5.91 Å². The fourth-order valence-corrected chi connectivity index (χ4v) is 2.06. The van der Waals surface area contributed by atoms with Crippen LogP contribution < -0.4 is 10.2 Å². The third-order valence-corrected chi connectivity index (χ3v) is 3.46. The number of hydrogen-bond donors (Lipinski definition) is 1. The molecule has 5 heteroatoms. The molecule has 1 aromatic heterocycles. The number of rotatable bonds is 3. The van der Waals surface area contributed by atoms with Crippen molar-refractivity contribution in [2.75, 3.05) is 17.3 Å². The average Bonchev–Trinajstić information content (AvgIpc) is 2.45. The van der Waals surface area contributed by atoms with Crippen LogP contribution in [-0.2, 0) is 4.79 Å². The Morgan fingerprint density at radius 2 is 1.57 bits per heavy atom. The maximum Gasteiger partial charge on any atom is 0.230 e. The summed E-state index contributed by atoms with van der Waals surface area (Å²) in [6.45, 7) is 9.58. The Balaban J connectivity index is 2.17. The van der Waals surface area contributed by atoms with Crippen LogP contribution in [0.5, 0.6) is 0 Å². The largest absolute Gasteiger partial charge is 0.326 e. The van der Waals surface area contributed by atoms with Gasteiger partial charge < -0.3 is 10.2 Å². The number of amides is 1. The Labute approximate surface area is 137 Å². The third-order valence-electron chi connectivity index (χ3n) is 3.46. The van der Waals surface area contributed by atoms with Crippen molar-refractivity contribution in [1.29, 1.82) is 0 Å². The van der Waals surface area contributed by atoms with Gasteiger partial charge in [-0.2, -0.15) is 0 Å². The normalized spacial score (nSPS) is 11.2. The monoisotopic (exact) mass is 312 g/mol. The van der Waals surface area contributed by atoms with E-state index >= 15 is 0 Å². The van der Waals surface area contributed by atoms with Crippen molar-refractivity contribution in [2.24, 2.45) is 5.41 Å². The summed E-state index contributed by atoms with van der Waals surface area (Å²) in [5, 5.41) is 2.92. The second-order valence-electron chi connectivity index (χ2n) is 6.76. The molecule has 0 aliphatic heterocycles. The highest BCUT2D eigenvalue weighted by Gasteiger charge is 2.21. The molecular weight excluding hydrogens is 288 g/mol. The summed E-state index contributed by atoms with van der Waals surface area (Å²) < 4.78 is 0. The van der Waals surface area contributed by atoms with Gasteiger partial charge in [-0.25, -0.2) is 9.97 Å². The minimum atomic E-state index is -0.414. The maximum atomic E-state index is 12.0. The van der Waals surface area contributed by atoms with Gasteiger partial charge >= 0.3 is 0 Å². The molecule has 0 saturated carbocycles. The number of aromatic nitrogens is 2. The number of nitrogens with zero attached hydrogens (tertiary/aromatic N) is 3. The molecule has 2 rings (SSSR count). The highest BCUT2D eigenvalue weighted by molar-refractivity contribution is 5.94. The minimum Gasteiger partial charge on any atom is -0.326 e. The van der Waals surface area contributed by atoms with Crippen LogP contribution in [0.4, 0.5) is 17.3 Å². The van der Waals surface area contributed by atoms with Crippen LogP contribution in [0.15, 0.2) is 30.3 Å². The first-order valence-electron chi connectivity index (χ1n) is 7.64. The Hall–Kier alpha value is -2.43. The third kappa shape index (κ3) is 4.28. The van der Waals surface area contributed by atoms with Crippen molar-refractivity contribution >= 4 is 23.2 Å². The van der Waals surface area contributed by atoms with Gasteiger partial charge in [-0.05, 0) is 44.2 Å². The van der Waals surface area contributed by atoms with E-state index in [0.29, 0.717) is 5.95 Å². The summed E-state index contributed by atoms with van der Waals surface area (Å²) in [6, 6.07) is 9.61. The second-order valence-corrected chi connectivity index (χ2v) is 6.76. The lowest BCUT2D eigenvalue weighted by Crippen LogP contribution is -2.27. The Bertz CT molecular complexity index is 682. The Morgan fingerprint density at radius 3 is 2.04 bits per heavy atom. The van der Waals surface area contributed by atoms with Gasteiger partial charge in [0.2, 0.25) is 11.9 Å². The van der Waals surface area contributed by atoms with Gasteiger partial charge in [-0.3, -0.25) is 4.79 Å². The molecule has 0 bridgehead atoms. The van der Waals surface area contributed by atoms with Crippen LogP contribution in [0.1, 0.15) is 32.2 Å². The molecule has 0 saturated heterocycles. The zero-order valence-electron chi connectivity index (χ0n) is 14.6. The predicted octanol–water partition coefficient (Wildman–Crippen LogP) is 3.85. The summed E-state index contributed by atoms with van der Waals surface area (Å²) in [7, 11) is 1.93. The molecule has 0 unspecified atom stereocenters. The first-order valence-corrected chi connectivity index (χ1v) is 7.64. The molecule has 0 aliphatic carbocycles. The molecule has 1 N–H and O–H groups in total. The molecule has 0 radical (unpaired) electrons. The maximum absolute atomic E-state index is 12.0. The van der Waals surface area contributed by atoms with Gasteiger partial charge in [0.1, 0.15) is 0 Å². The van der Waals surface area contributed by atoms with Crippen LogP contribution in [0.2, 0.25) is 0 Å². The predicted molar refractivity (Wildman–Crippen MR) is 94.1 cm³/mol. The molecular formula is C18H24N4O. The lowest BCUT2D eigenvalue weighted by molar-refractivity contribution is -0.123. The fraction of sp³-hybridized carbons (Fsp3) is 0.389. The molecule has 122 valence electrons. The number of aryl methyl sites for hydroxylation is 2. The molecule has 1 aromatic carbocycles. The van der Waals surface area contributed by atoms with Crippen molar-refractivity contribution in [3.05, 3.63) is 41.7 Å². The van der Waals surface area contributed by atoms with Crippen LogP contribution >= 0.6 is 0 Å². The van der Waals surface area contributed by atoms with Gasteiger partial charge in [0.05, 0.1) is 0 Å². The van der Waals surface area contributed by atoms with E-state index in [0.717, 1.165) is 22.8 Å². The zero-order valence-corrected chi connectivity index (χ0v) is 14.6. The number of benzene rings is 1. The fourth-order valence-electron chi connectivity index (χ4n) is 2.06. The van der Waals surface area contributed by atoms with Crippen molar-refractivity contribution in [3.8, 4) is 0 Å². The Morgan fingerprint density at radius 1 is 1.04 bits per heavy atom. The van der Waals surface area contributed by atoms with E-state index in [4.69, 9.17) is 0 Å². The van der Waals surface area contributed by atoms with Gasteiger partial charge in [-0.15, -0.1) is 0 Å². The standard InChI is InChI=1S/C18H24N4O/c1-12-11-13(2)20-17(19-12)22(6)15-9-7-14(8-10-15)21-16(23)18(3,4)5/h7-11H,1-6H3,(H,21,23). The lowest BCUT2D eigenvalue weighted by atomic mass is 9.95. The number of carbonyl (C=O) groups excluding carboxylic acids is 1. The van der Waals surface area contributed by atoms with Gasteiger partial charge in [0.25, 0.3) is 0 Å². The van der Waals surface area contributed by atoms with E-state index in [1.807, 2.05) is 76.9 Å². The van der Waals surface area contributed by atoms with Gasteiger partial charge in [0.15, 0.2) is 0 Å². The van der Waals surface area contributed by atoms with Gasteiger partial charge in [0, 0.05) is 35.2 Å². The molecule has 0 fully saturated rings. The summed E-state index contributed by atoms with van der Waals surface area (Å²) in [5.74, 6) is 0.658. The van der Waals surface area contributed by atoms with Crippen molar-refractivity contribution in [1.82, 2.24) is 9.97 Å². The van der Waals surface area contributed by atoms with Crippen molar-refractivity contribution in [2.45, 2.75) is 34.6 Å². The smallest absolute Gasteiger partial charge is 0.230 e. The van der Waals surface area contributed by atoms with E-state index in [1.54, 1.807) is 0 Å². The molecule has 0 atom stereocenters. The summed E-state index contributed by atoms with van der Waals surface area (Å²) in [6.07, 6.45) is 0. The quantitative estimate of drug-likeness (QED) is 0.935. The molecule has 1 amide bonds. The highest BCUT2D eigenvalue weighted by Crippen LogP contribution is 2.24. The van der Waals surface area contributed by atoms with Gasteiger partial charge in [-0.1, -0.05) is 20.8 Å². The zero-order chi connectivity index (χ0) is 17.2. The van der Waals surface area contributed by atoms with Crippen LogP contribution in [0.3, 0.4) is 0 Å². The van der Waals surface area contributed by atoms with Crippen molar-refractivity contribution in [3.63, 3.8) is 0 Å². The summed E-state index contributed by atoms with van der Waals surface area (Å²) in [5.41, 5.74) is 3.21. The molecule has 23 heavy (non-hydrogen) atoms. The van der Waals surface area contributed by atoms with E-state index in [1.165, 1.54) is 0 Å². The number of anilines is 3. The first kappa shape index (κ1) is 16.9. The highest BCUT2D eigenvalue weighted by atomic mass is 16.2. The summed E-state index contributed by atoms with van der Waals surface area (Å²) in [4.78, 5) is 22.9. The first-order chi connectivity index (χ1) is 10.7. The SMILES string of the molecule is Cc1cc(C)nc(N(C)c2ccc(NC(=O)C(C)(C)C)cc2)n1. The van der Waals surface area contributed by atoms with Crippen LogP contribution in [0, 0.1) is 19.3 Å². The summed E-state index contributed by atoms with van der Waals surface area (Å²) >= 11 is 0. The van der Waals surface area contributed by atoms with Crippen LogP contribution in [0.25, 0.3) is 0 Å². The molecule has 0 aliphatic rings. The molecule has 1 heterocycles. The molecule has 0 spiro atoms. The average molecular weight is 312 g/mol. The number of nitrogens with one attached hydrogen (secondary N) is 1. The van der Waals surface area contributed by atoms with Crippen LogP contribution in [-0.4, -0.2) is 22.9 Å². The van der Waals surface area contributed by atoms with E-state index in [2.05, 4.69) is 15.3 Å². The second kappa shape index (κ2) is 6.36. The van der Waals surface area contributed by atoms with E-state index in [9.17, 15) is 4.79 Å². The van der Waals surface area contributed by atoms with E-state index < -0.39 is 5.41 Å². The lowest BCUT2D eigenvalue weighted by Gasteiger charge is -2.20. The van der Waals surface area contributed by atoms with Crippen molar-refractivity contribution < 1.29 is 4.79 Å².